The molecule has 1 saturated carbocycles. The van der Waals surface area contributed by atoms with E-state index in [1.165, 1.54) is 74.1 Å². The van der Waals surface area contributed by atoms with E-state index in [1.54, 1.807) is 0 Å². The second kappa shape index (κ2) is 15.8. The normalized spacial score (nSPS) is 18.8. The molecule has 0 spiro atoms. The molecule has 5 nitrogen and oxygen atoms in total. The summed E-state index contributed by atoms with van der Waals surface area (Å²) in [7, 11) is 0. The van der Waals surface area contributed by atoms with Gasteiger partial charge in [0.25, 0.3) is 6.71 Å². The van der Waals surface area contributed by atoms with Crippen molar-refractivity contribution in [2.75, 3.05) is 14.7 Å². The van der Waals surface area contributed by atoms with Crippen LogP contribution in [0.3, 0.4) is 0 Å². The fourth-order valence-electron chi connectivity index (χ4n) is 14.4. The average Bonchev–Trinajstić information content (AvgIpc) is 4.20. The van der Waals surface area contributed by atoms with Crippen LogP contribution in [0, 0.1) is 0 Å². The SMILES string of the molecule is CC(C)(C)c1ccc2c(c1)B1c3cc4oc5ccccc5c4cc3N(c3ccc(C(C)(C)C)cc3-c3ccccc3)c3cc(N4c5ccccc5C5(C)CCCCC45C)cc(c31)N2c1cccc2c1oc1ccccc12. The van der Waals surface area contributed by atoms with E-state index in [1.807, 2.05) is 0 Å². The molecule has 1 aliphatic carbocycles. The first-order valence-corrected chi connectivity index (χ1v) is 27.6. The molecule has 2 aromatic heterocycles. The maximum absolute atomic E-state index is 7.07. The van der Waals surface area contributed by atoms with Crippen LogP contribution in [0.2, 0.25) is 0 Å². The third kappa shape index (κ3) is 6.27. The molecule has 2 unspecified atom stereocenters. The van der Waals surface area contributed by atoms with Crippen molar-refractivity contribution in [3.8, 4) is 11.1 Å². The zero-order valence-corrected chi connectivity index (χ0v) is 44.9. The standard InChI is InChI=1S/C70H62BN3O2/c1-67(2,3)44-31-33-55(50(37-44)43-21-10-9-11-22-43)72-59-41-51-48-24-13-16-29-62(48)75-64(51)42-54(59)71-53-38-45(68(4,5)6)32-34-57(53)73(58-28-20-25-49-47-23-12-17-30-63(47)76-66(49)58)61-40-46(39-60(72)65(61)71)74-56-27-15-14-26-52(56)69(7)35-18-19-36-70(69,74)8/h9-17,20-34,37-42H,18-19,35-36H2,1-8H3. The van der Waals surface area contributed by atoms with Gasteiger partial charge < -0.3 is 23.5 Å². The number of rotatable bonds is 4. The van der Waals surface area contributed by atoms with E-state index in [2.05, 4.69) is 252 Å². The maximum atomic E-state index is 7.07. The van der Waals surface area contributed by atoms with Gasteiger partial charge in [-0.05, 0) is 136 Å². The van der Waals surface area contributed by atoms with Gasteiger partial charge in [-0.2, -0.15) is 0 Å². The first-order chi connectivity index (χ1) is 36.7. The van der Waals surface area contributed by atoms with Crippen LogP contribution in [0.5, 0.6) is 0 Å². The van der Waals surface area contributed by atoms with Crippen molar-refractivity contribution in [2.24, 2.45) is 0 Å². The minimum absolute atomic E-state index is 0.0451. The Hall–Kier alpha value is -7.96. The summed E-state index contributed by atoms with van der Waals surface area (Å²) >= 11 is 0. The molecule has 76 heavy (non-hydrogen) atoms. The van der Waals surface area contributed by atoms with Crippen LogP contribution < -0.4 is 31.1 Å². The molecule has 9 aromatic carbocycles. The number of fused-ring (bicyclic) bond motifs is 13. The summed E-state index contributed by atoms with van der Waals surface area (Å²) in [4.78, 5) is 7.99. The third-order valence-electron chi connectivity index (χ3n) is 18.5. The zero-order chi connectivity index (χ0) is 51.6. The second-order valence-corrected chi connectivity index (χ2v) is 24.8. The molecule has 372 valence electrons. The number of hydrogen-bond donors (Lipinski definition) is 0. The molecule has 0 bridgehead atoms. The largest absolute Gasteiger partial charge is 0.456 e. The Morgan fingerprint density at radius 3 is 1.79 bits per heavy atom. The number of para-hydroxylation sites is 4. The molecule has 1 fully saturated rings. The first kappa shape index (κ1) is 45.4. The Kier molecular flexibility index (Phi) is 9.45. The van der Waals surface area contributed by atoms with Gasteiger partial charge in [0.1, 0.15) is 16.7 Å². The minimum Gasteiger partial charge on any atom is -0.456 e. The van der Waals surface area contributed by atoms with Gasteiger partial charge in [0.05, 0.1) is 16.9 Å². The highest BCUT2D eigenvalue weighted by Gasteiger charge is 2.58. The fraction of sp³-hybridized carbons (Fsp3) is 0.229. The van der Waals surface area contributed by atoms with Crippen LogP contribution >= 0.6 is 0 Å². The minimum atomic E-state index is -0.185. The summed E-state index contributed by atoms with van der Waals surface area (Å²) in [6.07, 6.45) is 4.66. The summed E-state index contributed by atoms with van der Waals surface area (Å²) in [6.45, 7) is 18.9. The molecule has 5 heterocycles. The molecule has 3 aliphatic heterocycles. The van der Waals surface area contributed by atoms with E-state index in [9.17, 15) is 0 Å². The summed E-state index contributed by atoms with van der Waals surface area (Å²) in [5.41, 5.74) is 22.6. The summed E-state index contributed by atoms with van der Waals surface area (Å²) < 4.78 is 14.0. The van der Waals surface area contributed by atoms with Crippen LogP contribution in [0.25, 0.3) is 55.0 Å². The lowest BCUT2D eigenvalue weighted by Gasteiger charge is -2.51. The fourth-order valence-corrected chi connectivity index (χ4v) is 14.4. The summed E-state index contributed by atoms with van der Waals surface area (Å²) in [5.74, 6) is 0. The molecule has 11 aromatic rings. The molecule has 4 aliphatic rings. The van der Waals surface area contributed by atoms with Crippen LogP contribution in [0.15, 0.2) is 191 Å². The second-order valence-electron chi connectivity index (χ2n) is 24.8. The van der Waals surface area contributed by atoms with Crippen molar-refractivity contribution in [1.82, 2.24) is 0 Å². The van der Waals surface area contributed by atoms with E-state index in [0.717, 1.165) is 85.2 Å². The predicted octanol–water partition coefficient (Wildman–Crippen LogP) is 17.6. The highest BCUT2D eigenvalue weighted by molar-refractivity contribution is 7.00. The van der Waals surface area contributed by atoms with Gasteiger partial charge in [0.15, 0.2) is 5.58 Å². The van der Waals surface area contributed by atoms with Crippen molar-refractivity contribution >= 4 is 112 Å². The van der Waals surface area contributed by atoms with Crippen LogP contribution in [-0.4, -0.2) is 12.3 Å². The van der Waals surface area contributed by atoms with Gasteiger partial charge >= 0.3 is 0 Å². The molecular weight excluding hydrogens is 926 g/mol. The smallest absolute Gasteiger partial charge is 0.252 e. The van der Waals surface area contributed by atoms with E-state index in [4.69, 9.17) is 8.83 Å². The predicted molar refractivity (Wildman–Crippen MR) is 321 cm³/mol. The van der Waals surface area contributed by atoms with Gasteiger partial charge in [-0.25, -0.2) is 0 Å². The molecule has 0 saturated heterocycles. The number of nitrogens with zero attached hydrogens (tertiary/aromatic N) is 3. The van der Waals surface area contributed by atoms with E-state index >= 15 is 0 Å². The van der Waals surface area contributed by atoms with E-state index in [-0.39, 0.29) is 28.5 Å². The lowest BCUT2D eigenvalue weighted by molar-refractivity contribution is 0.195. The van der Waals surface area contributed by atoms with Gasteiger partial charge in [-0.15, -0.1) is 0 Å². The lowest BCUT2D eigenvalue weighted by Crippen LogP contribution is -2.61. The average molecular weight is 988 g/mol. The van der Waals surface area contributed by atoms with Crippen molar-refractivity contribution in [3.05, 3.63) is 199 Å². The van der Waals surface area contributed by atoms with Crippen molar-refractivity contribution < 1.29 is 8.83 Å². The van der Waals surface area contributed by atoms with E-state index < -0.39 is 0 Å². The Bertz CT molecular complexity index is 4230. The van der Waals surface area contributed by atoms with Crippen LogP contribution in [-0.2, 0) is 16.2 Å². The molecule has 0 N–H and O–H groups in total. The maximum Gasteiger partial charge on any atom is 0.252 e. The van der Waals surface area contributed by atoms with Gasteiger partial charge in [-0.1, -0.05) is 177 Å². The Balaban J connectivity index is 1.13. The molecular formula is C70H62BN3O2. The number of hydrogen-bond acceptors (Lipinski definition) is 5. The van der Waals surface area contributed by atoms with Crippen LogP contribution in [0.4, 0.5) is 45.5 Å². The highest BCUT2D eigenvalue weighted by Crippen LogP contribution is 2.62. The Labute approximate surface area is 446 Å². The molecule has 2 atom stereocenters. The quantitative estimate of drug-likeness (QED) is 0.164. The van der Waals surface area contributed by atoms with Crippen LogP contribution in [0.1, 0.15) is 97.8 Å². The monoisotopic (exact) mass is 987 g/mol. The number of furan rings is 2. The first-order valence-electron chi connectivity index (χ1n) is 27.6. The van der Waals surface area contributed by atoms with E-state index in [0.29, 0.717) is 0 Å². The van der Waals surface area contributed by atoms with Gasteiger partial charge in [-0.3, -0.25) is 0 Å². The molecule has 15 rings (SSSR count). The van der Waals surface area contributed by atoms with Crippen molar-refractivity contribution in [3.63, 3.8) is 0 Å². The van der Waals surface area contributed by atoms with Crippen molar-refractivity contribution in [1.29, 1.82) is 0 Å². The van der Waals surface area contributed by atoms with Gasteiger partial charge in [0, 0.05) is 66.6 Å². The molecule has 0 amide bonds. The lowest BCUT2D eigenvalue weighted by atomic mass is 9.33. The van der Waals surface area contributed by atoms with Crippen molar-refractivity contribution in [2.45, 2.75) is 103 Å². The summed E-state index contributed by atoms with van der Waals surface area (Å²) in [5, 5.41) is 4.46. The molecule has 6 heteroatoms. The number of anilines is 8. The third-order valence-corrected chi connectivity index (χ3v) is 18.5. The topological polar surface area (TPSA) is 36.0 Å². The number of benzene rings is 9. The van der Waals surface area contributed by atoms with Gasteiger partial charge in [0.2, 0.25) is 0 Å². The highest BCUT2D eigenvalue weighted by atomic mass is 16.3. The molecule has 0 radical (unpaired) electrons. The Morgan fingerprint density at radius 1 is 0.447 bits per heavy atom. The summed E-state index contributed by atoms with van der Waals surface area (Å²) in [6, 6.07) is 68.7. The zero-order valence-electron chi connectivity index (χ0n) is 44.9. The Morgan fingerprint density at radius 2 is 1.04 bits per heavy atom.